The third-order valence-corrected chi connectivity index (χ3v) is 8.33. The maximum absolute atomic E-state index is 12.3. The van der Waals surface area contributed by atoms with Gasteiger partial charge in [-0.25, -0.2) is 0 Å². The Labute approximate surface area is 284 Å². The summed E-state index contributed by atoms with van der Waals surface area (Å²) >= 11 is 0. The number of carbonyl (C=O) groups excluding carboxylic acids is 1. The maximum Gasteiger partial charge on any atom is 0.306 e. The summed E-state index contributed by atoms with van der Waals surface area (Å²) in [6.45, 7) is 4.29. The van der Waals surface area contributed by atoms with Gasteiger partial charge in [0.25, 0.3) is 0 Å². The van der Waals surface area contributed by atoms with Gasteiger partial charge in [-0.05, 0) is 77.0 Å². The van der Waals surface area contributed by atoms with Gasteiger partial charge in [-0.15, -0.1) is 0 Å². The van der Waals surface area contributed by atoms with E-state index in [1.165, 1.54) is 70.6 Å². The van der Waals surface area contributed by atoms with E-state index >= 15 is 0 Å². The van der Waals surface area contributed by atoms with Crippen molar-refractivity contribution in [3.63, 3.8) is 0 Å². The zero-order valence-corrected chi connectivity index (χ0v) is 30.1. The number of carboxylic acids is 1. The number of unbranched alkanes of at least 4 members (excludes halogenated alkanes) is 16. The summed E-state index contributed by atoms with van der Waals surface area (Å²) in [7, 11) is 0. The predicted molar refractivity (Wildman–Crippen MR) is 199 cm³/mol. The first-order valence-electron chi connectivity index (χ1n) is 19.3. The van der Waals surface area contributed by atoms with Crippen LogP contribution in [0.15, 0.2) is 60.8 Å². The highest BCUT2D eigenvalue weighted by Crippen LogP contribution is 2.16. The third-order valence-electron chi connectivity index (χ3n) is 8.33. The van der Waals surface area contributed by atoms with Crippen molar-refractivity contribution >= 4 is 11.9 Å². The molecule has 0 aliphatic carbocycles. The molecule has 0 saturated carbocycles. The van der Waals surface area contributed by atoms with E-state index in [1.54, 1.807) is 0 Å². The highest BCUT2D eigenvalue weighted by atomic mass is 16.5. The first kappa shape index (κ1) is 43.6. The molecule has 0 saturated heterocycles. The van der Waals surface area contributed by atoms with Crippen LogP contribution in [0.3, 0.4) is 0 Å². The van der Waals surface area contributed by atoms with E-state index in [1.807, 2.05) is 0 Å². The molecule has 0 aromatic carbocycles. The summed E-state index contributed by atoms with van der Waals surface area (Å²) in [4.78, 5) is 22.8. The lowest BCUT2D eigenvalue weighted by Crippen LogP contribution is -2.17. The lowest BCUT2D eigenvalue weighted by atomic mass is 10.0. The highest BCUT2D eigenvalue weighted by molar-refractivity contribution is 5.69. The molecule has 1 unspecified atom stereocenters. The van der Waals surface area contributed by atoms with Gasteiger partial charge < -0.3 is 9.84 Å². The van der Waals surface area contributed by atoms with Crippen LogP contribution in [0.1, 0.15) is 187 Å². The summed E-state index contributed by atoms with van der Waals surface area (Å²) < 4.78 is 5.77. The average Bonchev–Trinajstić information content (AvgIpc) is 3.04. The molecule has 0 rings (SSSR count). The number of hydrogen-bond acceptors (Lipinski definition) is 3. The fourth-order valence-corrected chi connectivity index (χ4v) is 5.44. The van der Waals surface area contributed by atoms with E-state index in [4.69, 9.17) is 9.84 Å². The van der Waals surface area contributed by atoms with Crippen molar-refractivity contribution in [3.05, 3.63) is 60.8 Å². The van der Waals surface area contributed by atoms with Crippen molar-refractivity contribution in [2.75, 3.05) is 0 Å². The van der Waals surface area contributed by atoms with Crippen molar-refractivity contribution < 1.29 is 19.4 Å². The largest absolute Gasteiger partial charge is 0.481 e. The Morgan fingerprint density at radius 1 is 0.500 bits per heavy atom. The van der Waals surface area contributed by atoms with Crippen LogP contribution in [0.25, 0.3) is 0 Å². The van der Waals surface area contributed by atoms with E-state index in [2.05, 4.69) is 74.6 Å². The number of ether oxygens (including phenoxy) is 1. The molecule has 0 amide bonds. The average molecular weight is 641 g/mol. The first-order valence-corrected chi connectivity index (χ1v) is 19.3. The van der Waals surface area contributed by atoms with Crippen molar-refractivity contribution in [3.8, 4) is 0 Å². The van der Waals surface area contributed by atoms with Gasteiger partial charge >= 0.3 is 11.9 Å². The molecule has 4 heteroatoms. The molecular weight excluding hydrogens is 568 g/mol. The van der Waals surface area contributed by atoms with Crippen LogP contribution >= 0.6 is 0 Å². The van der Waals surface area contributed by atoms with Gasteiger partial charge in [0.05, 0.1) is 0 Å². The summed E-state index contributed by atoms with van der Waals surface area (Å²) in [6.07, 6.45) is 51.8. The Morgan fingerprint density at radius 2 is 0.891 bits per heavy atom. The summed E-state index contributed by atoms with van der Waals surface area (Å²) in [5.41, 5.74) is 0. The summed E-state index contributed by atoms with van der Waals surface area (Å²) in [6, 6.07) is 0. The third kappa shape index (κ3) is 36.1. The molecule has 1 atom stereocenters. The minimum absolute atomic E-state index is 0.0140. The van der Waals surface area contributed by atoms with Crippen LogP contribution in [0, 0.1) is 0 Å². The normalized spacial score (nSPS) is 12.9. The second-order valence-electron chi connectivity index (χ2n) is 12.7. The van der Waals surface area contributed by atoms with Gasteiger partial charge in [0.1, 0.15) is 6.10 Å². The lowest BCUT2D eigenvalue weighted by molar-refractivity contribution is -0.149. The minimum atomic E-state index is -0.670. The number of esters is 1. The number of carboxylic acid groups (broad SMARTS) is 1. The Morgan fingerprint density at radius 3 is 1.35 bits per heavy atom. The fourth-order valence-electron chi connectivity index (χ4n) is 5.44. The smallest absolute Gasteiger partial charge is 0.306 e. The molecule has 4 nitrogen and oxygen atoms in total. The second-order valence-corrected chi connectivity index (χ2v) is 12.7. The molecule has 0 fully saturated rings. The zero-order chi connectivity index (χ0) is 33.6. The van der Waals surface area contributed by atoms with Crippen LogP contribution < -0.4 is 0 Å². The first-order chi connectivity index (χ1) is 22.6. The van der Waals surface area contributed by atoms with E-state index in [-0.39, 0.29) is 12.1 Å². The Bertz CT molecular complexity index is 820. The second kappa shape index (κ2) is 37.1. The molecule has 46 heavy (non-hydrogen) atoms. The zero-order valence-electron chi connectivity index (χ0n) is 30.1. The molecular formula is C42H72O4. The quantitative estimate of drug-likeness (QED) is 0.0432. The van der Waals surface area contributed by atoms with Crippen LogP contribution in [0.4, 0.5) is 0 Å². The number of allylic oxidation sites excluding steroid dienone is 10. The maximum atomic E-state index is 12.3. The molecule has 0 bridgehead atoms. The van der Waals surface area contributed by atoms with Crippen LogP contribution in [0.2, 0.25) is 0 Å². The van der Waals surface area contributed by atoms with E-state index in [0.717, 1.165) is 89.9 Å². The van der Waals surface area contributed by atoms with Crippen molar-refractivity contribution in [1.29, 1.82) is 0 Å². The highest BCUT2D eigenvalue weighted by Gasteiger charge is 2.12. The standard InChI is InChI=1S/C42H72O4/c1-3-5-6-7-8-9-10-11-12-13-14-15-16-21-24-27-30-33-36-39-42(45)46-40(4-2)37-34-31-28-25-22-19-17-18-20-23-26-29-32-35-38-41(43)44/h5-6,8-9,11-12,14-15,21,24,40H,3-4,7,10,13,16-20,22-23,25-39H2,1-2H3,(H,43,44)/b6-5-,9-8-,12-11-,15-14-,24-21-. The van der Waals surface area contributed by atoms with Gasteiger partial charge in [-0.2, -0.15) is 0 Å². The summed E-state index contributed by atoms with van der Waals surface area (Å²) in [5.74, 6) is -0.684. The molecule has 0 aromatic heterocycles. The molecule has 1 N–H and O–H groups in total. The van der Waals surface area contributed by atoms with Crippen molar-refractivity contribution in [2.45, 2.75) is 193 Å². The number of carbonyl (C=O) groups is 2. The van der Waals surface area contributed by atoms with Crippen LogP contribution in [0.5, 0.6) is 0 Å². The molecule has 264 valence electrons. The number of rotatable bonds is 34. The summed E-state index contributed by atoms with van der Waals surface area (Å²) in [5, 5.41) is 8.65. The molecule has 0 heterocycles. The predicted octanol–water partition coefficient (Wildman–Crippen LogP) is 13.3. The van der Waals surface area contributed by atoms with Gasteiger partial charge in [0, 0.05) is 12.8 Å². The van der Waals surface area contributed by atoms with Gasteiger partial charge in [-0.1, -0.05) is 158 Å². The van der Waals surface area contributed by atoms with Crippen LogP contribution in [-0.2, 0) is 14.3 Å². The van der Waals surface area contributed by atoms with Gasteiger partial charge in [0.15, 0.2) is 0 Å². The topological polar surface area (TPSA) is 63.6 Å². The van der Waals surface area contributed by atoms with Crippen molar-refractivity contribution in [1.82, 2.24) is 0 Å². The molecule has 0 radical (unpaired) electrons. The van der Waals surface area contributed by atoms with E-state index < -0.39 is 5.97 Å². The lowest BCUT2D eigenvalue weighted by Gasteiger charge is -2.16. The Kier molecular flexibility index (Phi) is 35.2. The van der Waals surface area contributed by atoms with Gasteiger partial charge in [0.2, 0.25) is 0 Å². The van der Waals surface area contributed by atoms with Crippen molar-refractivity contribution in [2.24, 2.45) is 0 Å². The number of aliphatic carboxylic acids is 1. The minimum Gasteiger partial charge on any atom is -0.481 e. The fraction of sp³-hybridized carbons (Fsp3) is 0.714. The Balaban J connectivity index is 3.55. The van der Waals surface area contributed by atoms with Gasteiger partial charge in [-0.3, -0.25) is 9.59 Å². The van der Waals surface area contributed by atoms with Crippen LogP contribution in [-0.4, -0.2) is 23.1 Å². The molecule has 0 aromatic rings. The Hall–Kier alpha value is -2.36. The SMILES string of the molecule is CC/C=C\C/C=C\C/C=C\C/C=C\C/C=C\CCCCCC(=O)OC(CC)CCCCCCCCCCCCCCCCC(=O)O. The molecule has 0 aliphatic heterocycles. The molecule has 0 spiro atoms. The monoisotopic (exact) mass is 641 g/mol. The van der Waals surface area contributed by atoms with E-state index in [9.17, 15) is 9.59 Å². The molecule has 0 aliphatic rings. The van der Waals surface area contributed by atoms with E-state index in [0.29, 0.717) is 12.8 Å². The number of hydrogen-bond donors (Lipinski definition) is 1.